The van der Waals surface area contributed by atoms with E-state index in [4.69, 9.17) is 4.74 Å². The second-order valence-corrected chi connectivity index (χ2v) is 20.0. The number of aliphatic hydroxyl groups is 2. The molecule has 4 unspecified atom stereocenters. The summed E-state index contributed by atoms with van der Waals surface area (Å²) in [6, 6.07) is 28.6. The van der Waals surface area contributed by atoms with Crippen LogP contribution in [0.2, 0.25) is 0 Å². The second kappa shape index (κ2) is 14.0. The molecule has 5 aromatic heterocycles. The van der Waals surface area contributed by atoms with Crippen LogP contribution < -0.4 is 10.6 Å². The minimum absolute atomic E-state index is 0.0543. The molecular weight excluding hydrogens is 945 g/mol. The molecule has 0 radical (unpaired) electrons. The summed E-state index contributed by atoms with van der Waals surface area (Å²) in [6.07, 6.45) is 0.836. The number of fused-ring (bicyclic) bond motifs is 26. The number of amides is 4. The number of esters is 1. The topological polar surface area (TPSA) is 258 Å². The van der Waals surface area contributed by atoms with Gasteiger partial charge >= 0.3 is 5.97 Å². The van der Waals surface area contributed by atoms with Crippen molar-refractivity contribution in [3.8, 4) is 0 Å². The Hall–Kier alpha value is -9.36. The number of imide groups is 2. The number of ether oxygens (including phenoxy) is 1. The number of carbonyl (C=O) groups excluding carboxylic acids is 5. The summed E-state index contributed by atoms with van der Waals surface area (Å²) in [5, 5.41) is 47.0. The molecule has 4 bridgehead atoms. The lowest BCUT2D eigenvalue weighted by Crippen LogP contribution is -2.30. The summed E-state index contributed by atoms with van der Waals surface area (Å²) >= 11 is 0. The number of nitrogens with zero attached hydrogens (tertiary/aromatic N) is 10. The quantitative estimate of drug-likeness (QED) is 0.0443. The number of aromatic nitrogens is 7. The molecule has 20 heteroatoms. The van der Waals surface area contributed by atoms with Crippen molar-refractivity contribution in [3.63, 3.8) is 0 Å². The van der Waals surface area contributed by atoms with E-state index in [2.05, 4.69) is 49.2 Å². The first-order chi connectivity index (χ1) is 36.1. The van der Waals surface area contributed by atoms with Crippen molar-refractivity contribution < 1.29 is 38.9 Å². The number of carbonyl (C=O) groups is 5. The van der Waals surface area contributed by atoms with E-state index < -0.39 is 53.9 Å². The van der Waals surface area contributed by atoms with Crippen molar-refractivity contribution >= 4 is 117 Å². The van der Waals surface area contributed by atoms with Gasteiger partial charge in [-0.05, 0) is 42.6 Å². The molecule has 8 atom stereocenters. The molecule has 2 aliphatic carbocycles. The van der Waals surface area contributed by atoms with E-state index in [-0.39, 0.29) is 29.9 Å². The minimum Gasteiger partial charge on any atom is -0.464 e. The molecule has 11 aromatic rings. The van der Waals surface area contributed by atoms with E-state index in [9.17, 15) is 39.7 Å². The molecule has 4 N–H and O–H groups in total. The van der Waals surface area contributed by atoms with Crippen molar-refractivity contribution in [2.45, 2.75) is 61.3 Å². The summed E-state index contributed by atoms with van der Waals surface area (Å²) in [7, 11) is 1.28. The van der Waals surface area contributed by atoms with E-state index in [1.54, 1.807) is 4.68 Å². The van der Waals surface area contributed by atoms with Crippen LogP contribution in [0.1, 0.15) is 95.0 Å². The number of benzene rings is 6. The van der Waals surface area contributed by atoms with Gasteiger partial charge in [-0.2, -0.15) is 0 Å². The lowest BCUT2D eigenvalue weighted by molar-refractivity contribution is 0.0592. The highest BCUT2D eigenvalue weighted by Gasteiger charge is 2.52. The third-order valence-electron chi connectivity index (χ3n) is 16.9. The zero-order valence-corrected chi connectivity index (χ0v) is 38.7. The first-order valence-corrected chi connectivity index (χ1v) is 24.3. The van der Waals surface area contributed by atoms with Gasteiger partial charge in [0, 0.05) is 76.1 Å². The normalized spacial score (nSPS) is 23.9. The van der Waals surface area contributed by atoms with E-state index in [1.165, 1.54) is 13.3 Å². The van der Waals surface area contributed by atoms with Gasteiger partial charge in [0.15, 0.2) is 5.69 Å². The Morgan fingerprint density at radius 3 is 1.39 bits per heavy atom. The molecule has 9 heterocycles. The minimum atomic E-state index is -0.899. The van der Waals surface area contributed by atoms with Crippen molar-refractivity contribution in [2.24, 2.45) is 5.11 Å². The summed E-state index contributed by atoms with van der Waals surface area (Å²) in [4.78, 5) is 68.2. The average Bonchev–Trinajstić information content (AvgIpc) is 4.34. The highest BCUT2D eigenvalue weighted by molar-refractivity contribution is 6.41. The molecule has 2 saturated carbocycles. The van der Waals surface area contributed by atoms with Gasteiger partial charge < -0.3 is 33.2 Å². The van der Waals surface area contributed by atoms with Gasteiger partial charge in [-0.1, -0.05) is 83.1 Å². The maximum Gasteiger partial charge on any atom is 0.360 e. The predicted molar refractivity (Wildman–Crippen MR) is 269 cm³/mol. The number of nitrogens with one attached hydrogen (secondary N) is 2. The largest absolute Gasteiger partial charge is 0.464 e. The molecule has 0 spiro atoms. The lowest BCUT2D eigenvalue weighted by atomic mass is 9.96. The smallest absolute Gasteiger partial charge is 0.360 e. The van der Waals surface area contributed by atoms with Crippen LogP contribution in [0.15, 0.2) is 108 Å². The number of methoxy groups -OCH3 is 1. The standard InChI is InChI=1S/C29H20N6O5.C25H16N6O3/c1-40-29(39)14-11-33(32-31-14)23-17-10-18(26(23)36)35-16-9-5-3-7-13(16)20-22-21(27(37)30-28(22)38)19-12-6-2-4-8-15(12)34(17)24(19)25(20)35;26-29-28-20-14-9-15(23(20)32)31-13-8-4-2-6-11(13)17-19-18(24(33)27-25(19)34)16-10-5-1-3-7-12(10)30(14)21(16)22(17)31/h2-9,11,17-18,23,26,36H,10H2,1H3,(H,30,37,38);1-8,14-15,20,23,32H,9H2,(H,27,33,34)/t17?,18?,23-,26-;14?,15?,20-,23-/m11/s1. The molecule has 4 aliphatic heterocycles. The monoisotopic (exact) mass is 980 g/mol. The van der Waals surface area contributed by atoms with Crippen LogP contribution in [0.5, 0.6) is 0 Å². The molecule has 17 rings (SSSR count). The Morgan fingerprint density at radius 1 is 0.595 bits per heavy atom. The Morgan fingerprint density at radius 2 is 0.973 bits per heavy atom. The van der Waals surface area contributed by atoms with Crippen LogP contribution in [-0.4, -0.2) is 98.4 Å². The van der Waals surface area contributed by atoms with E-state index in [0.717, 1.165) is 87.2 Å². The molecule has 6 aliphatic rings. The predicted octanol–water partition coefficient (Wildman–Crippen LogP) is 7.59. The second-order valence-electron chi connectivity index (χ2n) is 20.0. The van der Waals surface area contributed by atoms with E-state index in [1.807, 2.05) is 97.1 Å². The third-order valence-corrected chi connectivity index (χ3v) is 16.9. The van der Waals surface area contributed by atoms with Crippen LogP contribution in [0, 0.1) is 0 Å². The van der Waals surface area contributed by atoms with Crippen LogP contribution in [0.3, 0.4) is 0 Å². The van der Waals surface area contributed by atoms with Gasteiger partial charge in [0.2, 0.25) is 0 Å². The molecule has 360 valence electrons. The maximum absolute atomic E-state index is 13.4. The van der Waals surface area contributed by atoms with Gasteiger partial charge in [0.1, 0.15) is 6.04 Å². The van der Waals surface area contributed by atoms with Crippen LogP contribution >= 0.6 is 0 Å². The van der Waals surface area contributed by atoms with Crippen LogP contribution in [-0.2, 0) is 4.74 Å². The van der Waals surface area contributed by atoms with Gasteiger partial charge in [-0.15, -0.1) is 5.10 Å². The summed E-state index contributed by atoms with van der Waals surface area (Å²) < 4.78 is 15.0. The van der Waals surface area contributed by atoms with E-state index >= 15 is 0 Å². The molecule has 2 fully saturated rings. The average molecular weight is 981 g/mol. The van der Waals surface area contributed by atoms with Gasteiger partial charge in [-0.25, -0.2) is 9.48 Å². The Balaban J connectivity index is 0.000000128. The molecule has 6 aromatic carbocycles. The third kappa shape index (κ3) is 4.72. The Labute approximate surface area is 413 Å². The Bertz CT molecular complexity index is 4610. The van der Waals surface area contributed by atoms with Crippen molar-refractivity contribution in [2.75, 3.05) is 7.11 Å². The van der Waals surface area contributed by atoms with Crippen molar-refractivity contribution in [1.29, 1.82) is 0 Å². The molecule has 74 heavy (non-hydrogen) atoms. The fraction of sp³-hybridized carbons (Fsp3) is 0.204. The molecular formula is C54H36N12O8. The fourth-order valence-corrected chi connectivity index (χ4v) is 14.4. The zero-order chi connectivity index (χ0) is 49.9. The maximum atomic E-state index is 13.4. The first-order valence-electron chi connectivity index (χ1n) is 24.3. The number of rotatable bonds is 3. The SMILES string of the molecule is COC(=O)c1cn([C@@H]2C3CC([C@H]2O)n2c4ccccc4c4c5c(c6c7ccccc7n3c6c42)C(=O)NC5=O)nn1.[N-]=[N+]=N[C@@H]1C2CC([C@H]1O)n1c3ccccc3c3c4c(c5c6ccccc6n2c5c31)C(=O)NC4=O. The van der Waals surface area contributed by atoms with Crippen molar-refractivity contribution in [3.05, 3.63) is 142 Å². The fourth-order valence-electron chi connectivity index (χ4n) is 14.4. The zero-order valence-electron chi connectivity index (χ0n) is 38.7. The lowest BCUT2D eigenvalue weighted by Gasteiger charge is -2.27. The van der Waals surface area contributed by atoms with Gasteiger partial charge in [0.25, 0.3) is 23.6 Å². The number of hydrogen-bond donors (Lipinski definition) is 4. The number of aliphatic hydroxyl groups excluding tert-OH is 2. The summed E-state index contributed by atoms with van der Waals surface area (Å²) in [5.41, 5.74) is 17.8. The van der Waals surface area contributed by atoms with Gasteiger partial charge in [0.05, 0.1) is 94.0 Å². The van der Waals surface area contributed by atoms with Crippen LogP contribution in [0.25, 0.3) is 97.7 Å². The number of azide groups is 1. The summed E-state index contributed by atoms with van der Waals surface area (Å²) in [5.74, 6) is -2.23. The first kappa shape index (κ1) is 41.3. The van der Waals surface area contributed by atoms with E-state index in [0.29, 0.717) is 35.1 Å². The number of para-hydroxylation sites is 4. The molecule has 0 saturated heterocycles. The van der Waals surface area contributed by atoms with Gasteiger partial charge in [-0.3, -0.25) is 29.8 Å². The molecule has 4 amide bonds. The van der Waals surface area contributed by atoms with Crippen molar-refractivity contribution in [1.82, 2.24) is 43.9 Å². The Kier molecular flexibility index (Phi) is 7.80. The highest BCUT2D eigenvalue weighted by atomic mass is 16.5. The van der Waals surface area contributed by atoms with Crippen LogP contribution in [0.4, 0.5) is 0 Å². The number of hydrogen-bond acceptors (Lipinski definition) is 11. The summed E-state index contributed by atoms with van der Waals surface area (Å²) in [6.45, 7) is 0. The highest BCUT2D eigenvalue weighted by Crippen LogP contribution is 2.58. The molecule has 20 nitrogen and oxygen atoms in total.